The molecule has 0 unspecified atom stereocenters. The number of nitrogen functional groups attached to an aromatic ring is 1. The van der Waals surface area contributed by atoms with Crippen molar-refractivity contribution in [2.45, 2.75) is 6.92 Å². The van der Waals surface area contributed by atoms with Crippen molar-refractivity contribution in [3.63, 3.8) is 0 Å². The SMILES string of the molecule is Cc1cc(Nc2ccc(C(=O)O)cc2N)ccc1F. The Morgan fingerprint density at radius 1 is 1.26 bits per heavy atom. The normalized spacial score (nSPS) is 10.2. The van der Waals surface area contributed by atoms with Gasteiger partial charge in [-0.1, -0.05) is 0 Å². The summed E-state index contributed by atoms with van der Waals surface area (Å²) >= 11 is 0. The number of benzene rings is 2. The Bertz CT molecular complexity index is 641. The van der Waals surface area contributed by atoms with Gasteiger partial charge in [0.15, 0.2) is 0 Å². The monoisotopic (exact) mass is 260 g/mol. The molecule has 2 rings (SSSR count). The Labute approximate surface area is 109 Å². The van der Waals surface area contributed by atoms with Crippen LogP contribution in [-0.2, 0) is 0 Å². The summed E-state index contributed by atoms with van der Waals surface area (Å²) in [5, 5.41) is 11.9. The number of nitrogens with one attached hydrogen (secondary N) is 1. The van der Waals surface area contributed by atoms with E-state index in [4.69, 9.17) is 10.8 Å². The third-order valence-electron chi connectivity index (χ3n) is 2.74. The lowest BCUT2D eigenvalue weighted by Crippen LogP contribution is -2.01. The first-order chi connectivity index (χ1) is 8.97. The molecule has 0 amide bonds. The van der Waals surface area contributed by atoms with Crippen LogP contribution < -0.4 is 11.1 Å². The number of hydrogen-bond acceptors (Lipinski definition) is 3. The second kappa shape index (κ2) is 4.97. The Kier molecular flexibility index (Phi) is 3.37. The van der Waals surface area contributed by atoms with E-state index in [1.54, 1.807) is 25.1 Å². The largest absolute Gasteiger partial charge is 0.478 e. The molecule has 0 heterocycles. The molecule has 0 fully saturated rings. The van der Waals surface area contributed by atoms with Crippen molar-refractivity contribution in [1.82, 2.24) is 0 Å². The molecule has 2 aromatic carbocycles. The molecule has 4 nitrogen and oxygen atoms in total. The first-order valence-corrected chi connectivity index (χ1v) is 5.63. The molecule has 0 radical (unpaired) electrons. The molecular weight excluding hydrogens is 247 g/mol. The number of hydrogen-bond donors (Lipinski definition) is 3. The molecule has 4 N–H and O–H groups in total. The maximum absolute atomic E-state index is 13.1. The molecule has 0 atom stereocenters. The average molecular weight is 260 g/mol. The zero-order valence-electron chi connectivity index (χ0n) is 10.3. The van der Waals surface area contributed by atoms with Gasteiger partial charge >= 0.3 is 5.97 Å². The minimum Gasteiger partial charge on any atom is -0.478 e. The predicted molar refractivity (Wildman–Crippen MR) is 72.2 cm³/mol. The van der Waals surface area contributed by atoms with Gasteiger partial charge in [0.25, 0.3) is 0 Å². The van der Waals surface area contributed by atoms with Gasteiger partial charge in [0.1, 0.15) is 5.82 Å². The summed E-state index contributed by atoms with van der Waals surface area (Å²) in [6.07, 6.45) is 0. The highest BCUT2D eigenvalue weighted by Crippen LogP contribution is 2.25. The van der Waals surface area contributed by atoms with Crippen LogP contribution in [0.4, 0.5) is 21.5 Å². The van der Waals surface area contributed by atoms with E-state index in [0.29, 0.717) is 22.6 Å². The minimum absolute atomic E-state index is 0.123. The molecule has 0 aliphatic rings. The Hall–Kier alpha value is -2.56. The molecule has 2 aromatic rings. The van der Waals surface area contributed by atoms with E-state index in [1.807, 2.05) is 0 Å². The Morgan fingerprint density at radius 3 is 2.58 bits per heavy atom. The second-order valence-corrected chi connectivity index (χ2v) is 4.20. The van der Waals surface area contributed by atoms with Gasteiger partial charge in [0.05, 0.1) is 16.9 Å². The third kappa shape index (κ3) is 2.82. The fourth-order valence-corrected chi connectivity index (χ4v) is 1.69. The van der Waals surface area contributed by atoms with Crippen molar-refractivity contribution < 1.29 is 14.3 Å². The van der Waals surface area contributed by atoms with Gasteiger partial charge in [-0.3, -0.25) is 0 Å². The van der Waals surface area contributed by atoms with Crippen LogP contribution in [0.1, 0.15) is 15.9 Å². The molecule has 0 saturated carbocycles. The maximum Gasteiger partial charge on any atom is 0.335 e. The molecule has 0 aliphatic heterocycles. The molecule has 0 bridgehead atoms. The van der Waals surface area contributed by atoms with Gasteiger partial charge in [-0.2, -0.15) is 0 Å². The zero-order valence-corrected chi connectivity index (χ0v) is 10.3. The van der Waals surface area contributed by atoms with Crippen molar-refractivity contribution in [1.29, 1.82) is 0 Å². The van der Waals surface area contributed by atoms with Crippen molar-refractivity contribution in [2.75, 3.05) is 11.1 Å². The summed E-state index contributed by atoms with van der Waals surface area (Å²) in [6.45, 7) is 1.66. The number of halogens is 1. The van der Waals surface area contributed by atoms with Crippen LogP contribution in [0.3, 0.4) is 0 Å². The summed E-state index contributed by atoms with van der Waals surface area (Å²) in [7, 11) is 0. The summed E-state index contributed by atoms with van der Waals surface area (Å²) < 4.78 is 13.1. The van der Waals surface area contributed by atoms with Crippen LogP contribution in [0, 0.1) is 12.7 Å². The van der Waals surface area contributed by atoms with E-state index in [9.17, 15) is 9.18 Å². The van der Waals surface area contributed by atoms with Crippen molar-refractivity contribution in [3.8, 4) is 0 Å². The molecule has 98 valence electrons. The summed E-state index contributed by atoms with van der Waals surface area (Å²) in [4.78, 5) is 10.8. The summed E-state index contributed by atoms with van der Waals surface area (Å²) in [5.41, 5.74) is 8.01. The first kappa shape index (κ1) is 12.9. The van der Waals surface area contributed by atoms with E-state index in [2.05, 4.69) is 5.32 Å². The van der Waals surface area contributed by atoms with E-state index in [0.717, 1.165) is 0 Å². The lowest BCUT2D eigenvalue weighted by atomic mass is 10.1. The highest BCUT2D eigenvalue weighted by atomic mass is 19.1. The fourth-order valence-electron chi connectivity index (χ4n) is 1.69. The highest BCUT2D eigenvalue weighted by Gasteiger charge is 2.07. The standard InChI is InChI=1S/C14H13FN2O2/c1-8-6-10(3-4-11(8)15)17-13-5-2-9(14(18)19)7-12(13)16/h2-7,17H,16H2,1H3,(H,18,19). The maximum atomic E-state index is 13.1. The third-order valence-corrected chi connectivity index (χ3v) is 2.74. The van der Waals surface area contributed by atoms with Gasteiger partial charge in [-0.25, -0.2) is 9.18 Å². The van der Waals surface area contributed by atoms with Crippen LogP contribution in [-0.4, -0.2) is 11.1 Å². The summed E-state index contributed by atoms with van der Waals surface area (Å²) in [5.74, 6) is -1.31. The molecule has 19 heavy (non-hydrogen) atoms. The molecule has 0 spiro atoms. The van der Waals surface area contributed by atoms with Gasteiger partial charge in [0.2, 0.25) is 0 Å². The van der Waals surface area contributed by atoms with Crippen LogP contribution in [0.15, 0.2) is 36.4 Å². The van der Waals surface area contributed by atoms with Crippen LogP contribution in [0.5, 0.6) is 0 Å². The van der Waals surface area contributed by atoms with Gasteiger partial charge in [-0.15, -0.1) is 0 Å². The Morgan fingerprint density at radius 2 is 2.00 bits per heavy atom. The summed E-state index contributed by atoms with van der Waals surface area (Å²) in [6, 6.07) is 9.02. The van der Waals surface area contributed by atoms with Gasteiger partial charge in [-0.05, 0) is 48.9 Å². The van der Waals surface area contributed by atoms with Crippen LogP contribution >= 0.6 is 0 Å². The number of anilines is 3. The lowest BCUT2D eigenvalue weighted by molar-refractivity contribution is 0.0697. The topological polar surface area (TPSA) is 75.3 Å². The van der Waals surface area contributed by atoms with Crippen LogP contribution in [0.25, 0.3) is 0 Å². The quantitative estimate of drug-likeness (QED) is 0.741. The molecule has 0 aliphatic carbocycles. The van der Waals surface area contributed by atoms with Gasteiger partial charge < -0.3 is 16.2 Å². The molecular formula is C14H13FN2O2. The smallest absolute Gasteiger partial charge is 0.335 e. The molecule has 0 saturated heterocycles. The van der Waals surface area contributed by atoms with E-state index < -0.39 is 5.97 Å². The highest BCUT2D eigenvalue weighted by molar-refractivity contribution is 5.90. The van der Waals surface area contributed by atoms with Crippen molar-refractivity contribution >= 4 is 23.0 Å². The van der Waals surface area contributed by atoms with E-state index >= 15 is 0 Å². The fraction of sp³-hybridized carbons (Fsp3) is 0.0714. The van der Waals surface area contributed by atoms with E-state index in [1.165, 1.54) is 18.2 Å². The van der Waals surface area contributed by atoms with E-state index in [-0.39, 0.29) is 11.4 Å². The number of rotatable bonds is 3. The average Bonchev–Trinajstić information content (AvgIpc) is 2.36. The number of aryl methyl sites for hydroxylation is 1. The molecule has 0 aromatic heterocycles. The molecule has 5 heteroatoms. The lowest BCUT2D eigenvalue weighted by Gasteiger charge is -2.10. The second-order valence-electron chi connectivity index (χ2n) is 4.20. The number of carboxylic acid groups (broad SMARTS) is 1. The van der Waals surface area contributed by atoms with Crippen LogP contribution in [0.2, 0.25) is 0 Å². The van der Waals surface area contributed by atoms with Crippen molar-refractivity contribution in [2.24, 2.45) is 0 Å². The zero-order chi connectivity index (χ0) is 14.0. The number of carboxylic acids is 1. The Balaban J connectivity index is 2.28. The first-order valence-electron chi connectivity index (χ1n) is 5.63. The number of nitrogens with two attached hydrogens (primary N) is 1. The number of carbonyl (C=O) groups is 1. The predicted octanol–water partition coefficient (Wildman–Crippen LogP) is 3.16. The van der Waals surface area contributed by atoms with Crippen molar-refractivity contribution in [3.05, 3.63) is 53.3 Å². The minimum atomic E-state index is -1.03. The van der Waals surface area contributed by atoms with Gasteiger partial charge in [0, 0.05) is 5.69 Å². The number of aromatic carboxylic acids is 1.